The Bertz CT molecular complexity index is 980. The maximum Gasteiger partial charge on any atom is 0.229 e. The second-order valence-electron chi connectivity index (χ2n) is 6.94. The van der Waals surface area contributed by atoms with Crippen LogP contribution >= 0.6 is 23.4 Å². The summed E-state index contributed by atoms with van der Waals surface area (Å²) in [6, 6.07) is 18.3. The number of fused-ring (bicyclic) bond motifs is 1. The van der Waals surface area contributed by atoms with E-state index in [9.17, 15) is 10.1 Å². The number of thioether (sulfide) groups is 1. The van der Waals surface area contributed by atoms with Crippen LogP contribution in [0.5, 0.6) is 0 Å². The number of amides is 1. The second-order valence-corrected chi connectivity index (χ2v) is 8.31. The Hall–Kier alpha value is -2.42. The minimum Gasteiger partial charge on any atom is -0.344 e. The topological polar surface area (TPSA) is 47.3 Å². The zero-order valence-electron chi connectivity index (χ0n) is 15.6. The molecule has 2 aliphatic rings. The molecule has 0 spiro atoms. The van der Waals surface area contributed by atoms with Gasteiger partial charge in [0, 0.05) is 23.0 Å². The summed E-state index contributed by atoms with van der Waals surface area (Å²) in [7, 11) is 0. The van der Waals surface area contributed by atoms with Gasteiger partial charge in [0.2, 0.25) is 5.91 Å². The van der Waals surface area contributed by atoms with Gasteiger partial charge in [-0.05, 0) is 35.7 Å². The third kappa shape index (κ3) is 3.50. The Balaban J connectivity index is 1.65. The van der Waals surface area contributed by atoms with E-state index in [2.05, 4.69) is 42.2 Å². The number of halogens is 1. The van der Waals surface area contributed by atoms with Crippen LogP contribution in [-0.4, -0.2) is 23.4 Å². The maximum atomic E-state index is 13.0. The molecule has 2 aromatic carbocycles. The summed E-state index contributed by atoms with van der Waals surface area (Å²) in [5.41, 5.74) is 3.96. The van der Waals surface area contributed by atoms with Gasteiger partial charge in [-0.15, -0.1) is 0 Å². The Morgan fingerprint density at radius 2 is 2.04 bits per heavy atom. The van der Waals surface area contributed by atoms with Gasteiger partial charge in [-0.25, -0.2) is 0 Å². The molecule has 1 fully saturated rings. The Morgan fingerprint density at radius 1 is 1.25 bits per heavy atom. The van der Waals surface area contributed by atoms with Crippen molar-refractivity contribution in [3.8, 4) is 6.07 Å². The number of allylic oxidation sites excluding steroid dienone is 1. The minimum absolute atomic E-state index is 0.0535. The number of hydrogen-bond acceptors (Lipinski definition) is 4. The Morgan fingerprint density at radius 3 is 2.71 bits per heavy atom. The zero-order chi connectivity index (χ0) is 19.7. The van der Waals surface area contributed by atoms with Crippen LogP contribution in [0, 0.1) is 11.3 Å². The molecule has 0 aliphatic carbocycles. The summed E-state index contributed by atoms with van der Waals surface area (Å²) in [6.07, 6.45) is 1.29. The molecular weight excluding hydrogens is 390 g/mol. The molecule has 1 amide bonds. The van der Waals surface area contributed by atoms with E-state index < -0.39 is 0 Å². The van der Waals surface area contributed by atoms with E-state index in [1.807, 2.05) is 24.3 Å². The summed E-state index contributed by atoms with van der Waals surface area (Å²) in [4.78, 5) is 16.8. The van der Waals surface area contributed by atoms with Gasteiger partial charge in [0.15, 0.2) is 0 Å². The lowest BCUT2D eigenvalue weighted by Gasteiger charge is -2.42. The fourth-order valence-electron chi connectivity index (χ4n) is 3.67. The smallest absolute Gasteiger partial charge is 0.229 e. The Kier molecular flexibility index (Phi) is 5.34. The summed E-state index contributed by atoms with van der Waals surface area (Å²) >= 11 is 7.66. The fraction of sp³-hybridized carbons (Fsp3) is 0.273. The number of hydrogen-bond donors (Lipinski definition) is 0. The van der Waals surface area contributed by atoms with Gasteiger partial charge in [0.1, 0.15) is 0 Å². The number of nitriles is 1. The number of carbonyl (C=O) groups is 1. The van der Waals surface area contributed by atoms with Crippen LogP contribution in [0.4, 0.5) is 5.69 Å². The van der Waals surface area contributed by atoms with Gasteiger partial charge in [0.25, 0.3) is 0 Å². The van der Waals surface area contributed by atoms with Crippen molar-refractivity contribution in [2.45, 2.75) is 25.7 Å². The van der Waals surface area contributed by atoms with Crippen molar-refractivity contribution >= 4 is 35.0 Å². The largest absolute Gasteiger partial charge is 0.344 e. The van der Waals surface area contributed by atoms with Gasteiger partial charge in [-0.3, -0.25) is 9.69 Å². The van der Waals surface area contributed by atoms with Crippen molar-refractivity contribution in [1.82, 2.24) is 4.90 Å². The molecule has 2 heterocycles. The first-order valence-electron chi connectivity index (χ1n) is 9.27. The molecule has 4 rings (SSSR count). The average molecular weight is 410 g/mol. The van der Waals surface area contributed by atoms with Crippen molar-refractivity contribution < 1.29 is 4.79 Å². The van der Waals surface area contributed by atoms with Crippen LogP contribution in [0.1, 0.15) is 30.4 Å². The standard InChI is InChI=1S/C22H20ClN3OS/c1-2-15-6-8-16(9-7-15)19-11-21(27)26-13-25(14-28-22(26)20(19)12-24)18-5-3-4-17(23)10-18/h3-10,19H,2,11,13-14H2,1H3. The highest BCUT2D eigenvalue weighted by Gasteiger charge is 2.38. The molecule has 4 nitrogen and oxygen atoms in total. The highest BCUT2D eigenvalue weighted by molar-refractivity contribution is 8.03. The first-order chi connectivity index (χ1) is 13.6. The van der Waals surface area contributed by atoms with Crippen LogP contribution < -0.4 is 4.90 Å². The van der Waals surface area contributed by atoms with E-state index in [4.69, 9.17) is 11.6 Å². The molecule has 0 aromatic heterocycles. The molecule has 0 radical (unpaired) electrons. The van der Waals surface area contributed by atoms with Crippen LogP contribution in [0.25, 0.3) is 0 Å². The van der Waals surface area contributed by atoms with Crippen molar-refractivity contribution in [3.63, 3.8) is 0 Å². The third-order valence-corrected chi connectivity index (χ3v) is 6.65. The lowest BCUT2D eigenvalue weighted by Crippen LogP contribution is -2.47. The molecule has 0 saturated carbocycles. The number of aryl methyl sites for hydroxylation is 1. The van der Waals surface area contributed by atoms with E-state index >= 15 is 0 Å². The summed E-state index contributed by atoms with van der Waals surface area (Å²) < 4.78 is 0. The molecule has 2 aliphatic heterocycles. The van der Waals surface area contributed by atoms with Crippen molar-refractivity contribution in [3.05, 3.63) is 75.3 Å². The Labute approximate surface area is 174 Å². The van der Waals surface area contributed by atoms with E-state index in [-0.39, 0.29) is 11.8 Å². The van der Waals surface area contributed by atoms with Crippen LogP contribution in [0.2, 0.25) is 5.02 Å². The highest BCUT2D eigenvalue weighted by Crippen LogP contribution is 2.43. The number of anilines is 1. The summed E-state index contributed by atoms with van der Waals surface area (Å²) in [5.74, 6) is 0.559. The molecule has 2 aromatic rings. The molecule has 28 heavy (non-hydrogen) atoms. The highest BCUT2D eigenvalue weighted by atomic mass is 35.5. The molecule has 142 valence electrons. The first kappa shape index (κ1) is 18.9. The molecular formula is C22H20ClN3OS. The normalized spacial score (nSPS) is 19.5. The quantitative estimate of drug-likeness (QED) is 0.705. The average Bonchev–Trinajstić information content (AvgIpc) is 2.73. The van der Waals surface area contributed by atoms with E-state index in [0.717, 1.165) is 22.7 Å². The summed E-state index contributed by atoms with van der Waals surface area (Å²) in [6.45, 7) is 2.55. The number of carbonyl (C=O) groups excluding carboxylic acids is 1. The van der Waals surface area contributed by atoms with Crippen LogP contribution in [0.15, 0.2) is 59.1 Å². The fourth-order valence-corrected chi connectivity index (χ4v) is 5.02. The lowest BCUT2D eigenvalue weighted by molar-refractivity contribution is -0.129. The number of benzene rings is 2. The minimum atomic E-state index is -0.167. The summed E-state index contributed by atoms with van der Waals surface area (Å²) in [5, 5.41) is 11.3. The predicted molar refractivity (Wildman–Crippen MR) is 114 cm³/mol. The molecule has 6 heteroatoms. The predicted octanol–water partition coefficient (Wildman–Crippen LogP) is 5.12. The zero-order valence-corrected chi connectivity index (χ0v) is 17.1. The second kappa shape index (κ2) is 7.90. The van der Waals surface area contributed by atoms with Crippen molar-refractivity contribution in [2.24, 2.45) is 0 Å². The molecule has 1 unspecified atom stereocenters. The van der Waals surface area contributed by atoms with Crippen LogP contribution in [0.3, 0.4) is 0 Å². The van der Waals surface area contributed by atoms with Gasteiger partial charge in [-0.2, -0.15) is 5.26 Å². The molecule has 0 N–H and O–H groups in total. The molecule has 1 saturated heterocycles. The maximum absolute atomic E-state index is 13.0. The third-order valence-electron chi connectivity index (χ3n) is 5.26. The van der Waals surface area contributed by atoms with Gasteiger partial charge in [0.05, 0.1) is 29.2 Å². The van der Waals surface area contributed by atoms with E-state index in [0.29, 0.717) is 29.6 Å². The van der Waals surface area contributed by atoms with Crippen LogP contribution in [-0.2, 0) is 11.2 Å². The SMILES string of the molecule is CCc1ccc(C2CC(=O)N3CN(c4cccc(Cl)c4)CSC3=C2C#N)cc1. The van der Waals surface area contributed by atoms with E-state index in [1.165, 1.54) is 5.56 Å². The number of rotatable bonds is 3. The number of nitrogens with zero attached hydrogens (tertiary/aromatic N) is 3. The van der Waals surface area contributed by atoms with Gasteiger partial charge in [-0.1, -0.05) is 60.6 Å². The molecule has 1 atom stereocenters. The van der Waals surface area contributed by atoms with Gasteiger partial charge < -0.3 is 4.90 Å². The molecule has 0 bridgehead atoms. The van der Waals surface area contributed by atoms with Crippen molar-refractivity contribution in [2.75, 3.05) is 17.4 Å². The van der Waals surface area contributed by atoms with E-state index in [1.54, 1.807) is 16.7 Å². The first-order valence-corrected chi connectivity index (χ1v) is 10.6. The lowest BCUT2D eigenvalue weighted by atomic mass is 9.86. The monoisotopic (exact) mass is 409 g/mol. The van der Waals surface area contributed by atoms with Crippen molar-refractivity contribution in [1.29, 1.82) is 5.26 Å². The van der Waals surface area contributed by atoms with Gasteiger partial charge >= 0.3 is 0 Å².